The highest BCUT2D eigenvalue weighted by Crippen LogP contribution is 1.97. The Labute approximate surface area is 104 Å². The highest BCUT2D eigenvalue weighted by atomic mass is 16.4. The van der Waals surface area contributed by atoms with Crippen LogP contribution in [-0.4, -0.2) is 28.8 Å². The van der Waals surface area contributed by atoms with Crippen LogP contribution in [0.4, 0.5) is 0 Å². The number of carbonyl (C=O) groups is 3. The van der Waals surface area contributed by atoms with Gasteiger partial charge >= 0.3 is 5.97 Å². The van der Waals surface area contributed by atoms with Crippen LogP contribution in [0.3, 0.4) is 0 Å². The minimum absolute atomic E-state index is 0.220. The average Bonchev–Trinajstić information content (AvgIpc) is 2.31. The second-order valence-electron chi connectivity index (χ2n) is 2.67. The number of rotatable bonds is 5. The number of hydrogen-bond donors (Lipinski definition) is 2. The average molecular weight is 247 g/mol. The largest absolute Gasteiger partial charge is 0.481 e. The molecule has 17 heavy (non-hydrogen) atoms. The minimum Gasteiger partial charge on any atom is -0.481 e. The van der Waals surface area contributed by atoms with Crippen molar-refractivity contribution in [2.45, 2.75) is 60.4 Å². The minimum atomic E-state index is -1.10. The smallest absolute Gasteiger partial charge is 0.305 e. The normalized spacial score (nSPS) is 9.76. The van der Waals surface area contributed by atoms with Crippen molar-refractivity contribution in [2.24, 2.45) is 0 Å². The summed E-state index contributed by atoms with van der Waals surface area (Å²) in [6, 6.07) is -0.889. The second-order valence-corrected chi connectivity index (χ2v) is 2.67. The van der Waals surface area contributed by atoms with Gasteiger partial charge in [-0.1, -0.05) is 34.6 Å². The molecule has 0 bridgehead atoms. The van der Waals surface area contributed by atoms with E-state index >= 15 is 0 Å². The fourth-order valence-electron chi connectivity index (χ4n) is 0.912. The molecule has 0 aliphatic heterocycles. The summed E-state index contributed by atoms with van der Waals surface area (Å²) in [5.41, 5.74) is 0. The maximum absolute atomic E-state index is 11.1. The third-order valence-electron chi connectivity index (χ3n) is 1.49. The molecule has 1 amide bonds. The lowest BCUT2D eigenvalue weighted by Gasteiger charge is -2.12. The lowest BCUT2D eigenvalue weighted by atomic mass is 10.1. The molecule has 5 nitrogen and oxygen atoms in total. The molecule has 5 heteroatoms. The summed E-state index contributed by atoms with van der Waals surface area (Å²) in [6.07, 6.45) is -0.134. The quantitative estimate of drug-likeness (QED) is 0.778. The van der Waals surface area contributed by atoms with Gasteiger partial charge in [-0.05, 0) is 0 Å². The highest BCUT2D eigenvalue weighted by Gasteiger charge is 2.20. The molecule has 0 aromatic rings. The van der Waals surface area contributed by atoms with Crippen molar-refractivity contribution >= 4 is 17.7 Å². The fraction of sp³-hybridized carbons (Fsp3) is 0.750. The molecule has 0 aliphatic rings. The SMILES string of the molecule is CC.CC.CCC(=O)C(CC(=O)O)NC(C)=O. The van der Waals surface area contributed by atoms with Crippen LogP contribution >= 0.6 is 0 Å². The van der Waals surface area contributed by atoms with Crippen LogP contribution in [0.2, 0.25) is 0 Å². The fourth-order valence-corrected chi connectivity index (χ4v) is 0.912. The Bertz CT molecular complexity index is 211. The molecule has 2 N–H and O–H groups in total. The lowest BCUT2D eigenvalue weighted by molar-refractivity contribution is -0.140. The van der Waals surface area contributed by atoms with Gasteiger partial charge in [0, 0.05) is 13.3 Å². The van der Waals surface area contributed by atoms with E-state index in [4.69, 9.17) is 5.11 Å². The van der Waals surface area contributed by atoms with Crippen LogP contribution in [0.1, 0.15) is 54.4 Å². The molecule has 0 radical (unpaired) electrons. The number of carboxylic acid groups (broad SMARTS) is 1. The summed E-state index contributed by atoms with van der Waals surface area (Å²) in [5, 5.41) is 10.7. The first-order valence-corrected chi connectivity index (χ1v) is 5.99. The maximum atomic E-state index is 11.1. The molecule has 102 valence electrons. The molecule has 0 saturated heterocycles. The molecule has 0 aromatic heterocycles. The number of carboxylic acids is 1. The van der Waals surface area contributed by atoms with Crippen molar-refractivity contribution in [3.63, 3.8) is 0 Å². The predicted octanol–water partition coefficient (Wildman–Crippen LogP) is 2.00. The summed E-state index contributed by atoms with van der Waals surface area (Å²) in [4.78, 5) is 32.0. The number of amides is 1. The van der Waals surface area contributed by atoms with E-state index in [1.54, 1.807) is 6.92 Å². The zero-order valence-electron chi connectivity index (χ0n) is 11.7. The van der Waals surface area contributed by atoms with Crippen molar-refractivity contribution in [1.29, 1.82) is 0 Å². The van der Waals surface area contributed by atoms with Gasteiger partial charge < -0.3 is 10.4 Å². The van der Waals surface area contributed by atoms with Gasteiger partial charge in [-0.2, -0.15) is 0 Å². The standard InChI is InChI=1S/C8H13NO4.2C2H6/c1-3-7(11)6(4-8(12)13)9-5(2)10;2*1-2/h6H,3-4H2,1-2H3,(H,9,10)(H,12,13);2*1-2H3. The zero-order valence-corrected chi connectivity index (χ0v) is 11.7. The van der Waals surface area contributed by atoms with Gasteiger partial charge in [-0.3, -0.25) is 14.4 Å². The molecule has 0 heterocycles. The first-order valence-electron chi connectivity index (χ1n) is 5.99. The van der Waals surface area contributed by atoms with E-state index in [2.05, 4.69) is 5.32 Å². The van der Waals surface area contributed by atoms with E-state index in [1.165, 1.54) is 6.92 Å². The van der Waals surface area contributed by atoms with Gasteiger partial charge in [0.1, 0.15) is 0 Å². The van der Waals surface area contributed by atoms with E-state index in [0.29, 0.717) is 0 Å². The molecular formula is C12H25NO4. The Morgan fingerprint density at radius 2 is 1.53 bits per heavy atom. The molecule has 0 fully saturated rings. The zero-order chi connectivity index (χ0) is 14.4. The number of carbonyl (C=O) groups excluding carboxylic acids is 2. The monoisotopic (exact) mass is 247 g/mol. The maximum Gasteiger partial charge on any atom is 0.305 e. The van der Waals surface area contributed by atoms with Crippen molar-refractivity contribution in [3.8, 4) is 0 Å². The molecule has 1 unspecified atom stereocenters. The van der Waals surface area contributed by atoms with Gasteiger partial charge in [0.25, 0.3) is 0 Å². The van der Waals surface area contributed by atoms with E-state index < -0.39 is 17.9 Å². The third-order valence-corrected chi connectivity index (χ3v) is 1.49. The van der Waals surface area contributed by atoms with Crippen LogP contribution < -0.4 is 5.32 Å². The second kappa shape index (κ2) is 14.6. The van der Waals surface area contributed by atoms with Gasteiger partial charge in [-0.25, -0.2) is 0 Å². The highest BCUT2D eigenvalue weighted by molar-refractivity contribution is 5.91. The van der Waals surface area contributed by atoms with E-state index in [1.807, 2.05) is 27.7 Å². The number of aliphatic carboxylic acids is 1. The Morgan fingerprint density at radius 3 is 1.76 bits per heavy atom. The first kappa shape index (κ1) is 21.0. The Hall–Kier alpha value is -1.39. The lowest BCUT2D eigenvalue weighted by Crippen LogP contribution is -2.40. The number of ketones is 1. The summed E-state index contributed by atoms with van der Waals surface area (Å²) in [7, 11) is 0. The van der Waals surface area contributed by atoms with Crippen molar-refractivity contribution in [1.82, 2.24) is 5.32 Å². The van der Waals surface area contributed by atoms with Crippen LogP contribution in [-0.2, 0) is 14.4 Å². The number of Topliss-reactive ketones (excluding diaryl/α,β-unsaturated/α-hetero) is 1. The molecule has 0 saturated carbocycles. The molecule has 1 atom stereocenters. The number of nitrogens with one attached hydrogen (secondary N) is 1. The first-order chi connectivity index (χ1) is 7.97. The summed E-state index contributed by atoms with van der Waals surface area (Å²) < 4.78 is 0. The van der Waals surface area contributed by atoms with E-state index in [-0.39, 0.29) is 18.6 Å². The van der Waals surface area contributed by atoms with Gasteiger partial charge in [0.05, 0.1) is 12.5 Å². The van der Waals surface area contributed by atoms with Crippen molar-refractivity contribution < 1.29 is 19.5 Å². The topological polar surface area (TPSA) is 83.5 Å². The molecule has 0 rings (SSSR count). The van der Waals surface area contributed by atoms with Crippen LogP contribution in [0.25, 0.3) is 0 Å². The van der Waals surface area contributed by atoms with Gasteiger partial charge in [0.2, 0.25) is 5.91 Å². The molecular weight excluding hydrogens is 222 g/mol. The van der Waals surface area contributed by atoms with Crippen LogP contribution in [0.15, 0.2) is 0 Å². The molecule has 0 aliphatic carbocycles. The summed E-state index contributed by atoms with van der Waals surface area (Å²) >= 11 is 0. The molecule has 0 spiro atoms. The third kappa shape index (κ3) is 14.6. The van der Waals surface area contributed by atoms with E-state index in [9.17, 15) is 14.4 Å². The van der Waals surface area contributed by atoms with Gasteiger partial charge in [-0.15, -0.1) is 0 Å². The Balaban J connectivity index is -0.000000439. The molecule has 0 aromatic carbocycles. The van der Waals surface area contributed by atoms with Crippen LogP contribution in [0, 0.1) is 0 Å². The van der Waals surface area contributed by atoms with Crippen LogP contribution in [0.5, 0.6) is 0 Å². The van der Waals surface area contributed by atoms with E-state index in [0.717, 1.165) is 0 Å². The van der Waals surface area contributed by atoms with Crippen molar-refractivity contribution in [3.05, 3.63) is 0 Å². The Kier molecular flexibility index (Phi) is 18.0. The van der Waals surface area contributed by atoms with Crippen molar-refractivity contribution in [2.75, 3.05) is 0 Å². The summed E-state index contributed by atoms with van der Waals surface area (Å²) in [5.74, 6) is -1.76. The Morgan fingerprint density at radius 1 is 1.12 bits per heavy atom. The predicted molar refractivity (Wildman–Crippen MR) is 67.9 cm³/mol. The summed E-state index contributed by atoms with van der Waals surface area (Å²) in [6.45, 7) is 10.9. The van der Waals surface area contributed by atoms with Gasteiger partial charge in [0.15, 0.2) is 5.78 Å². The number of hydrogen-bond acceptors (Lipinski definition) is 3.